The number of hydrogen-bond acceptors (Lipinski definition) is 4. The molecule has 106 valence electrons. The van der Waals surface area contributed by atoms with Crippen molar-refractivity contribution in [2.75, 3.05) is 27.4 Å². The number of carboxylic acids is 1. The lowest BCUT2D eigenvalue weighted by Crippen LogP contribution is -2.35. The standard InChI is InChI=1S/C14H21NO4/c1-18-8-7-15-12(10-14(16)17)9-11-3-5-13(19-2)6-4-11/h3-6,12,15H,7-10H2,1-2H3,(H,16,17). The highest BCUT2D eigenvalue weighted by atomic mass is 16.5. The van der Waals surface area contributed by atoms with Crippen molar-refractivity contribution in [1.82, 2.24) is 5.32 Å². The zero-order chi connectivity index (χ0) is 14.1. The number of carbonyl (C=O) groups is 1. The largest absolute Gasteiger partial charge is 0.497 e. The van der Waals surface area contributed by atoms with Gasteiger partial charge in [0.1, 0.15) is 5.75 Å². The third kappa shape index (κ3) is 6.22. The Bertz CT molecular complexity index is 378. The zero-order valence-corrected chi connectivity index (χ0v) is 11.4. The summed E-state index contributed by atoms with van der Waals surface area (Å²) in [4.78, 5) is 10.8. The van der Waals surface area contributed by atoms with Crippen LogP contribution >= 0.6 is 0 Å². The number of hydrogen-bond donors (Lipinski definition) is 2. The van der Waals surface area contributed by atoms with E-state index >= 15 is 0 Å². The Kier molecular flexibility index (Phi) is 6.92. The van der Waals surface area contributed by atoms with Gasteiger partial charge in [-0.1, -0.05) is 12.1 Å². The molecule has 0 spiro atoms. The molecule has 0 saturated carbocycles. The Morgan fingerprint density at radius 3 is 2.53 bits per heavy atom. The second-order valence-electron chi connectivity index (χ2n) is 4.29. The average Bonchev–Trinajstić information content (AvgIpc) is 2.39. The fraction of sp³-hybridized carbons (Fsp3) is 0.500. The normalized spacial score (nSPS) is 12.1. The number of ether oxygens (including phenoxy) is 2. The topological polar surface area (TPSA) is 67.8 Å². The second kappa shape index (κ2) is 8.50. The van der Waals surface area contributed by atoms with E-state index in [2.05, 4.69) is 5.32 Å². The quantitative estimate of drug-likeness (QED) is 0.660. The van der Waals surface area contributed by atoms with Gasteiger partial charge in [-0.2, -0.15) is 0 Å². The molecule has 1 aromatic rings. The molecule has 5 nitrogen and oxygen atoms in total. The summed E-state index contributed by atoms with van der Waals surface area (Å²) in [6.45, 7) is 1.21. The van der Waals surface area contributed by atoms with E-state index in [9.17, 15) is 4.79 Å². The SMILES string of the molecule is COCCNC(CC(=O)O)Cc1ccc(OC)cc1. The van der Waals surface area contributed by atoms with E-state index in [4.69, 9.17) is 14.6 Å². The molecule has 0 bridgehead atoms. The lowest BCUT2D eigenvalue weighted by atomic mass is 10.0. The maximum Gasteiger partial charge on any atom is 0.304 e. The van der Waals surface area contributed by atoms with Crippen LogP contribution in [0.2, 0.25) is 0 Å². The molecule has 0 fully saturated rings. The average molecular weight is 267 g/mol. The number of methoxy groups -OCH3 is 2. The molecule has 1 aromatic carbocycles. The Labute approximate surface area is 113 Å². The predicted octanol–water partition coefficient (Wildman–Crippen LogP) is 1.32. The van der Waals surface area contributed by atoms with Gasteiger partial charge in [0, 0.05) is 19.7 Å². The van der Waals surface area contributed by atoms with Crippen molar-refractivity contribution in [2.24, 2.45) is 0 Å². The van der Waals surface area contributed by atoms with Crippen LogP contribution in [0.25, 0.3) is 0 Å². The lowest BCUT2D eigenvalue weighted by Gasteiger charge is -2.17. The van der Waals surface area contributed by atoms with Crippen LogP contribution in [-0.4, -0.2) is 44.5 Å². The summed E-state index contributed by atoms with van der Waals surface area (Å²) in [7, 11) is 3.24. The minimum atomic E-state index is -0.802. The highest BCUT2D eigenvalue weighted by Crippen LogP contribution is 2.13. The summed E-state index contributed by atoms with van der Waals surface area (Å²) < 4.78 is 10.0. The van der Waals surface area contributed by atoms with Gasteiger partial charge in [-0.15, -0.1) is 0 Å². The van der Waals surface area contributed by atoms with Crippen LogP contribution in [-0.2, 0) is 16.0 Å². The van der Waals surface area contributed by atoms with Crippen molar-refractivity contribution in [3.63, 3.8) is 0 Å². The Morgan fingerprint density at radius 2 is 2.00 bits per heavy atom. The molecule has 1 atom stereocenters. The van der Waals surface area contributed by atoms with Crippen LogP contribution in [0.4, 0.5) is 0 Å². The van der Waals surface area contributed by atoms with Gasteiger partial charge in [0.2, 0.25) is 0 Å². The Hall–Kier alpha value is -1.59. The van der Waals surface area contributed by atoms with E-state index in [0.717, 1.165) is 11.3 Å². The number of benzene rings is 1. The number of nitrogens with one attached hydrogen (secondary N) is 1. The Morgan fingerprint density at radius 1 is 1.32 bits per heavy atom. The van der Waals surface area contributed by atoms with Gasteiger partial charge >= 0.3 is 5.97 Å². The van der Waals surface area contributed by atoms with Crippen molar-refractivity contribution in [1.29, 1.82) is 0 Å². The smallest absolute Gasteiger partial charge is 0.304 e. The third-order valence-electron chi connectivity index (χ3n) is 2.80. The van der Waals surface area contributed by atoms with E-state index in [0.29, 0.717) is 19.6 Å². The lowest BCUT2D eigenvalue weighted by molar-refractivity contribution is -0.137. The minimum Gasteiger partial charge on any atom is -0.497 e. The van der Waals surface area contributed by atoms with Gasteiger partial charge < -0.3 is 19.9 Å². The molecule has 0 aliphatic rings. The first-order valence-corrected chi connectivity index (χ1v) is 6.22. The first kappa shape index (κ1) is 15.5. The van der Waals surface area contributed by atoms with Crippen LogP contribution in [0, 0.1) is 0 Å². The molecule has 0 aliphatic carbocycles. The monoisotopic (exact) mass is 267 g/mol. The summed E-state index contributed by atoms with van der Waals surface area (Å²) in [6.07, 6.45) is 0.760. The van der Waals surface area contributed by atoms with Crippen LogP contribution < -0.4 is 10.1 Å². The third-order valence-corrected chi connectivity index (χ3v) is 2.80. The summed E-state index contributed by atoms with van der Waals surface area (Å²) in [5, 5.41) is 12.1. The molecular weight excluding hydrogens is 246 g/mol. The van der Waals surface area contributed by atoms with Crippen molar-refractivity contribution in [2.45, 2.75) is 18.9 Å². The molecule has 1 rings (SSSR count). The zero-order valence-electron chi connectivity index (χ0n) is 11.4. The highest BCUT2D eigenvalue weighted by Gasteiger charge is 2.13. The molecular formula is C14H21NO4. The number of rotatable bonds is 9. The molecule has 1 unspecified atom stereocenters. The van der Waals surface area contributed by atoms with Gasteiger partial charge in [0.05, 0.1) is 20.1 Å². The summed E-state index contributed by atoms with van der Waals surface area (Å²) >= 11 is 0. The predicted molar refractivity (Wildman–Crippen MR) is 72.6 cm³/mol. The van der Waals surface area contributed by atoms with Gasteiger partial charge in [-0.3, -0.25) is 4.79 Å². The van der Waals surface area contributed by atoms with Crippen molar-refractivity contribution in [3.05, 3.63) is 29.8 Å². The molecule has 2 N–H and O–H groups in total. The maximum atomic E-state index is 10.8. The van der Waals surface area contributed by atoms with Crippen LogP contribution in [0.5, 0.6) is 5.75 Å². The van der Waals surface area contributed by atoms with Crippen LogP contribution in [0.15, 0.2) is 24.3 Å². The fourth-order valence-corrected chi connectivity index (χ4v) is 1.84. The van der Waals surface area contributed by atoms with E-state index in [1.807, 2.05) is 24.3 Å². The van der Waals surface area contributed by atoms with Gasteiger partial charge in [-0.05, 0) is 24.1 Å². The first-order valence-electron chi connectivity index (χ1n) is 6.22. The number of aliphatic carboxylic acids is 1. The van der Waals surface area contributed by atoms with Gasteiger partial charge in [0.25, 0.3) is 0 Å². The molecule has 19 heavy (non-hydrogen) atoms. The molecule has 0 heterocycles. The van der Waals surface area contributed by atoms with Crippen molar-refractivity contribution in [3.8, 4) is 5.75 Å². The van der Waals surface area contributed by atoms with E-state index in [1.54, 1.807) is 14.2 Å². The molecule has 0 aromatic heterocycles. The minimum absolute atomic E-state index is 0.0930. The fourth-order valence-electron chi connectivity index (χ4n) is 1.84. The Balaban J connectivity index is 2.55. The molecule has 5 heteroatoms. The highest BCUT2D eigenvalue weighted by molar-refractivity contribution is 5.67. The van der Waals surface area contributed by atoms with Gasteiger partial charge in [-0.25, -0.2) is 0 Å². The summed E-state index contributed by atoms with van der Waals surface area (Å²) in [5.74, 6) is -0.00527. The number of carboxylic acid groups (broad SMARTS) is 1. The van der Waals surface area contributed by atoms with Crippen molar-refractivity contribution >= 4 is 5.97 Å². The second-order valence-corrected chi connectivity index (χ2v) is 4.29. The molecule has 0 amide bonds. The molecule has 0 saturated heterocycles. The van der Waals surface area contributed by atoms with E-state index < -0.39 is 5.97 Å². The van der Waals surface area contributed by atoms with Gasteiger partial charge in [0.15, 0.2) is 0 Å². The van der Waals surface area contributed by atoms with Crippen LogP contribution in [0.1, 0.15) is 12.0 Å². The first-order chi connectivity index (χ1) is 9.15. The maximum absolute atomic E-state index is 10.8. The molecule has 0 radical (unpaired) electrons. The summed E-state index contributed by atoms with van der Waals surface area (Å²) in [5.41, 5.74) is 1.08. The van der Waals surface area contributed by atoms with E-state index in [1.165, 1.54) is 0 Å². The summed E-state index contributed by atoms with van der Waals surface area (Å²) in [6, 6.07) is 7.56. The van der Waals surface area contributed by atoms with Crippen LogP contribution in [0.3, 0.4) is 0 Å². The van der Waals surface area contributed by atoms with Crippen molar-refractivity contribution < 1.29 is 19.4 Å². The molecule has 0 aliphatic heterocycles. The van der Waals surface area contributed by atoms with E-state index in [-0.39, 0.29) is 12.5 Å².